The average Bonchev–Trinajstić information content (AvgIpc) is 2.50. The molecule has 1 rings (SSSR count). The number of hydrogen-bond donors (Lipinski definition) is 3. The summed E-state index contributed by atoms with van der Waals surface area (Å²) < 4.78 is 15.5. The molecular weight excluding hydrogens is 314 g/mol. The highest BCUT2D eigenvalue weighted by molar-refractivity contribution is 5.93. The van der Waals surface area contributed by atoms with Crippen LogP contribution in [0.25, 0.3) is 0 Å². The SMILES string of the molecule is COc1cccc(OC)c1NC(=O)NCCNC(=O)OC(C)(C)C. The number of urea groups is 1. The van der Waals surface area contributed by atoms with Crippen LogP contribution >= 0.6 is 0 Å². The van der Waals surface area contributed by atoms with Crippen LogP contribution in [0, 0.1) is 0 Å². The zero-order valence-corrected chi connectivity index (χ0v) is 14.7. The fourth-order valence-electron chi connectivity index (χ4n) is 1.79. The highest BCUT2D eigenvalue weighted by atomic mass is 16.6. The van der Waals surface area contributed by atoms with Gasteiger partial charge in [-0.3, -0.25) is 0 Å². The Bertz CT molecular complexity index is 547. The van der Waals surface area contributed by atoms with E-state index in [0.29, 0.717) is 17.2 Å². The Labute approximate surface area is 141 Å². The lowest BCUT2D eigenvalue weighted by atomic mass is 10.2. The molecule has 0 aliphatic carbocycles. The molecule has 24 heavy (non-hydrogen) atoms. The summed E-state index contributed by atoms with van der Waals surface area (Å²) in [5, 5.41) is 7.83. The second-order valence-electron chi connectivity index (χ2n) is 5.85. The van der Waals surface area contributed by atoms with Crippen molar-refractivity contribution in [1.82, 2.24) is 10.6 Å². The number of para-hydroxylation sites is 1. The summed E-state index contributed by atoms with van der Waals surface area (Å²) in [5.41, 5.74) is -0.130. The Balaban J connectivity index is 2.44. The molecule has 1 aromatic carbocycles. The van der Waals surface area contributed by atoms with E-state index in [1.165, 1.54) is 14.2 Å². The van der Waals surface area contributed by atoms with Gasteiger partial charge in [-0.05, 0) is 32.9 Å². The van der Waals surface area contributed by atoms with Crippen LogP contribution in [0.3, 0.4) is 0 Å². The minimum Gasteiger partial charge on any atom is -0.494 e. The quantitative estimate of drug-likeness (QED) is 0.691. The van der Waals surface area contributed by atoms with E-state index in [-0.39, 0.29) is 13.1 Å². The number of carbonyl (C=O) groups excluding carboxylic acids is 2. The number of hydrogen-bond acceptors (Lipinski definition) is 5. The van der Waals surface area contributed by atoms with Gasteiger partial charge >= 0.3 is 12.1 Å². The van der Waals surface area contributed by atoms with Crippen molar-refractivity contribution in [2.24, 2.45) is 0 Å². The number of nitrogens with one attached hydrogen (secondary N) is 3. The molecule has 0 bridgehead atoms. The highest BCUT2D eigenvalue weighted by Crippen LogP contribution is 2.33. The Hall–Kier alpha value is -2.64. The van der Waals surface area contributed by atoms with Crippen LogP contribution in [0.15, 0.2) is 18.2 Å². The lowest BCUT2D eigenvalue weighted by Crippen LogP contribution is -2.39. The molecule has 8 heteroatoms. The number of benzene rings is 1. The number of carbonyl (C=O) groups is 2. The Kier molecular flexibility index (Phi) is 7.16. The zero-order valence-electron chi connectivity index (χ0n) is 14.7. The monoisotopic (exact) mass is 339 g/mol. The minimum absolute atomic E-state index is 0.239. The molecule has 0 saturated carbocycles. The van der Waals surface area contributed by atoms with Gasteiger partial charge in [0.2, 0.25) is 0 Å². The van der Waals surface area contributed by atoms with Gasteiger partial charge in [0.15, 0.2) is 0 Å². The molecule has 0 unspecified atom stereocenters. The highest BCUT2D eigenvalue weighted by Gasteiger charge is 2.16. The van der Waals surface area contributed by atoms with Crippen molar-refractivity contribution in [3.63, 3.8) is 0 Å². The van der Waals surface area contributed by atoms with Gasteiger partial charge in [-0.25, -0.2) is 9.59 Å². The van der Waals surface area contributed by atoms with Gasteiger partial charge in [0.1, 0.15) is 22.8 Å². The molecule has 0 spiro atoms. The molecule has 134 valence electrons. The third kappa shape index (κ3) is 6.64. The standard InChI is InChI=1S/C16H25N3O5/c1-16(2,3)24-15(21)18-10-9-17-14(20)19-13-11(22-4)7-6-8-12(13)23-5/h6-8H,9-10H2,1-5H3,(H,18,21)(H2,17,19,20). The van der Waals surface area contributed by atoms with Crippen molar-refractivity contribution in [2.75, 3.05) is 32.6 Å². The molecule has 0 aromatic heterocycles. The first-order valence-electron chi connectivity index (χ1n) is 7.49. The molecule has 0 fully saturated rings. The van der Waals surface area contributed by atoms with Crippen molar-refractivity contribution in [3.8, 4) is 11.5 Å². The van der Waals surface area contributed by atoms with E-state index < -0.39 is 17.7 Å². The number of methoxy groups -OCH3 is 2. The molecular formula is C16H25N3O5. The average molecular weight is 339 g/mol. The molecule has 0 atom stereocenters. The second kappa shape index (κ2) is 8.85. The van der Waals surface area contributed by atoms with E-state index in [9.17, 15) is 9.59 Å². The maximum absolute atomic E-state index is 11.9. The van der Waals surface area contributed by atoms with Crippen LogP contribution < -0.4 is 25.4 Å². The van der Waals surface area contributed by atoms with E-state index in [2.05, 4.69) is 16.0 Å². The summed E-state index contributed by atoms with van der Waals surface area (Å²) in [6.45, 7) is 5.81. The van der Waals surface area contributed by atoms with Crippen LogP contribution in [0.4, 0.5) is 15.3 Å². The Morgan fingerprint density at radius 2 is 1.54 bits per heavy atom. The summed E-state index contributed by atoms with van der Waals surface area (Å²) in [6.07, 6.45) is -0.531. The number of alkyl carbamates (subject to hydrolysis) is 1. The minimum atomic E-state index is -0.560. The first kappa shape index (κ1) is 19.4. The molecule has 0 aliphatic heterocycles. The lowest BCUT2D eigenvalue weighted by molar-refractivity contribution is 0.0528. The fraction of sp³-hybridized carbons (Fsp3) is 0.500. The molecule has 3 amide bonds. The summed E-state index contributed by atoms with van der Waals surface area (Å²) in [7, 11) is 3.01. The van der Waals surface area contributed by atoms with Gasteiger partial charge in [0.05, 0.1) is 14.2 Å². The van der Waals surface area contributed by atoms with Crippen LogP contribution in [0.5, 0.6) is 11.5 Å². The van der Waals surface area contributed by atoms with Crippen LogP contribution in [0.1, 0.15) is 20.8 Å². The predicted octanol–water partition coefficient (Wildman–Crippen LogP) is 2.35. The largest absolute Gasteiger partial charge is 0.494 e. The van der Waals surface area contributed by atoms with Gasteiger partial charge in [-0.2, -0.15) is 0 Å². The summed E-state index contributed by atoms with van der Waals surface area (Å²) in [5.74, 6) is 0.966. The molecule has 8 nitrogen and oxygen atoms in total. The van der Waals surface area contributed by atoms with Crippen molar-refractivity contribution in [3.05, 3.63) is 18.2 Å². The number of anilines is 1. The number of amides is 3. The topological polar surface area (TPSA) is 97.9 Å². The Morgan fingerprint density at radius 3 is 2.04 bits per heavy atom. The van der Waals surface area contributed by atoms with E-state index in [1.807, 2.05) is 0 Å². The van der Waals surface area contributed by atoms with Gasteiger partial charge < -0.3 is 30.2 Å². The third-order valence-electron chi connectivity index (χ3n) is 2.75. The molecule has 0 aliphatic rings. The van der Waals surface area contributed by atoms with Crippen molar-refractivity contribution >= 4 is 17.8 Å². The maximum atomic E-state index is 11.9. The zero-order chi connectivity index (χ0) is 18.2. The van der Waals surface area contributed by atoms with E-state index in [0.717, 1.165) is 0 Å². The van der Waals surface area contributed by atoms with Crippen LogP contribution in [-0.2, 0) is 4.74 Å². The van der Waals surface area contributed by atoms with Gasteiger partial charge in [0.25, 0.3) is 0 Å². The fourth-order valence-corrected chi connectivity index (χ4v) is 1.79. The molecule has 0 heterocycles. The lowest BCUT2D eigenvalue weighted by Gasteiger charge is -2.19. The van der Waals surface area contributed by atoms with Gasteiger partial charge in [-0.1, -0.05) is 6.07 Å². The Morgan fingerprint density at radius 1 is 1.00 bits per heavy atom. The smallest absolute Gasteiger partial charge is 0.407 e. The number of ether oxygens (including phenoxy) is 3. The third-order valence-corrected chi connectivity index (χ3v) is 2.75. The van der Waals surface area contributed by atoms with Crippen molar-refractivity contribution in [2.45, 2.75) is 26.4 Å². The van der Waals surface area contributed by atoms with Gasteiger partial charge in [0, 0.05) is 13.1 Å². The first-order chi connectivity index (χ1) is 11.3. The van der Waals surface area contributed by atoms with E-state index >= 15 is 0 Å². The van der Waals surface area contributed by atoms with E-state index in [4.69, 9.17) is 14.2 Å². The normalized spacial score (nSPS) is 10.5. The van der Waals surface area contributed by atoms with Crippen molar-refractivity contribution in [1.29, 1.82) is 0 Å². The van der Waals surface area contributed by atoms with Gasteiger partial charge in [-0.15, -0.1) is 0 Å². The molecule has 0 saturated heterocycles. The van der Waals surface area contributed by atoms with Crippen molar-refractivity contribution < 1.29 is 23.8 Å². The second-order valence-corrected chi connectivity index (χ2v) is 5.85. The summed E-state index contributed by atoms with van der Waals surface area (Å²) >= 11 is 0. The predicted molar refractivity (Wildman–Crippen MR) is 90.8 cm³/mol. The van der Waals surface area contributed by atoms with Crippen LogP contribution in [0.2, 0.25) is 0 Å². The summed E-state index contributed by atoms with van der Waals surface area (Å²) in [6, 6.07) is 4.74. The molecule has 0 radical (unpaired) electrons. The van der Waals surface area contributed by atoms with Crippen LogP contribution in [-0.4, -0.2) is 45.0 Å². The molecule has 1 aromatic rings. The van der Waals surface area contributed by atoms with E-state index in [1.54, 1.807) is 39.0 Å². The maximum Gasteiger partial charge on any atom is 0.407 e. The number of rotatable bonds is 6. The molecule has 3 N–H and O–H groups in total. The first-order valence-corrected chi connectivity index (χ1v) is 7.49. The summed E-state index contributed by atoms with van der Waals surface area (Å²) in [4.78, 5) is 23.4.